The molecule has 2 aromatic heterocycles. The van der Waals surface area contributed by atoms with E-state index in [1.54, 1.807) is 42.7 Å². The third kappa shape index (κ3) is 4.81. The van der Waals surface area contributed by atoms with Crippen molar-refractivity contribution in [1.82, 2.24) is 20.1 Å². The molecule has 0 bridgehead atoms. The number of aromatic amines is 1. The number of rotatable bonds is 7. The van der Waals surface area contributed by atoms with Gasteiger partial charge in [0.15, 0.2) is 5.82 Å². The van der Waals surface area contributed by atoms with Crippen LogP contribution >= 0.6 is 0 Å². The molecule has 3 aromatic rings. The highest BCUT2D eigenvalue weighted by atomic mass is 16.5. The van der Waals surface area contributed by atoms with Gasteiger partial charge in [0.25, 0.3) is 5.56 Å². The molecule has 4 rings (SSSR count). The quantitative estimate of drug-likeness (QED) is 0.494. The Kier molecular flexibility index (Phi) is 6.81. The number of aryl methyl sites for hydroxylation is 1. The normalized spacial score (nSPS) is 15.4. The molecule has 1 atom stereocenters. The lowest BCUT2D eigenvalue weighted by molar-refractivity contribution is 0.0613. The summed E-state index contributed by atoms with van der Waals surface area (Å²) in [7, 11) is 0. The SMILES string of the molecule is Cc1cc(C#N)ccc1-c1c[nH]n(-c2ccc([C@@H](O)NCCC3CCOCC3)cn2)c1=O. The Morgan fingerprint density at radius 2 is 2.12 bits per heavy atom. The Labute approximate surface area is 186 Å². The Bertz CT molecular complexity index is 1150. The summed E-state index contributed by atoms with van der Waals surface area (Å²) < 4.78 is 6.74. The van der Waals surface area contributed by atoms with E-state index in [1.807, 2.05) is 6.92 Å². The molecule has 0 radical (unpaired) electrons. The molecule has 0 amide bonds. The molecule has 0 aliphatic carbocycles. The number of nitrogens with one attached hydrogen (secondary N) is 2. The van der Waals surface area contributed by atoms with Crippen LogP contribution in [0.2, 0.25) is 0 Å². The van der Waals surface area contributed by atoms with Crippen LogP contribution in [0.5, 0.6) is 0 Å². The van der Waals surface area contributed by atoms with E-state index in [2.05, 4.69) is 21.5 Å². The maximum Gasteiger partial charge on any atom is 0.280 e. The summed E-state index contributed by atoms with van der Waals surface area (Å²) in [4.78, 5) is 17.3. The summed E-state index contributed by atoms with van der Waals surface area (Å²) in [6, 6.07) is 10.8. The largest absolute Gasteiger partial charge is 0.381 e. The van der Waals surface area contributed by atoms with Gasteiger partial charge in [-0.15, -0.1) is 0 Å². The van der Waals surface area contributed by atoms with E-state index in [1.165, 1.54) is 4.68 Å². The number of nitrogens with zero attached hydrogens (tertiary/aromatic N) is 3. The highest BCUT2D eigenvalue weighted by molar-refractivity contribution is 5.67. The lowest BCUT2D eigenvalue weighted by Gasteiger charge is -2.22. The van der Waals surface area contributed by atoms with Crippen LogP contribution in [0.4, 0.5) is 0 Å². The van der Waals surface area contributed by atoms with Crippen molar-refractivity contribution in [3.63, 3.8) is 0 Å². The number of aromatic nitrogens is 3. The van der Waals surface area contributed by atoms with Crippen LogP contribution in [0.3, 0.4) is 0 Å². The first-order chi connectivity index (χ1) is 15.6. The van der Waals surface area contributed by atoms with Gasteiger partial charge < -0.3 is 9.84 Å². The predicted molar refractivity (Wildman–Crippen MR) is 120 cm³/mol. The zero-order valence-electron chi connectivity index (χ0n) is 18.0. The average molecular weight is 434 g/mol. The minimum atomic E-state index is -0.811. The Balaban J connectivity index is 1.43. The van der Waals surface area contributed by atoms with Crippen LogP contribution in [-0.2, 0) is 4.74 Å². The molecule has 3 N–H and O–H groups in total. The van der Waals surface area contributed by atoms with Gasteiger partial charge in [0.2, 0.25) is 0 Å². The number of aliphatic hydroxyl groups excluding tert-OH is 1. The van der Waals surface area contributed by atoms with E-state index >= 15 is 0 Å². The van der Waals surface area contributed by atoms with Crippen molar-refractivity contribution in [2.45, 2.75) is 32.4 Å². The van der Waals surface area contributed by atoms with E-state index < -0.39 is 6.23 Å². The number of hydrogen-bond donors (Lipinski definition) is 3. The molecular formula is C24H27N5O3. The first-order valence-electron chi connectivity index (χ1n) is 10.8. The molecule has 32 heavy (non-hydrogen) atoms. The molecule has 166 valence electrons. The highest BCUT2D eigenvalue weighted by Crippen LogP contribution is 2.22. The number of hydrogen-bond acceptors (Lipinski definition) is 6. The number of nitriles is 1. The fourth-order valence-electron chi connectivity index (χ4n) is 4.04. The predicted octanol–water partition coefficient (Wildman–Crippen LogP) is 2.80. The first kappa shape index (κ1) is 22.0. The van der Waals surface area contributed by atoms with E-state index in [4.69, 9.17) is 10.00 Å². The van der Waals surface area contributed by atoms with E-state index in [9.17, 15) is 9.90 Å². The summed E-state index contributed by atoms with van der Waals surface area (Å²) in [5.41, 5.74) is 3.10. The second kappa shape index (κ2) is 9.92. The fourth-order valence-corrected chi connectivity index (χ4v) is 4.04. The topological polar surface area (TPSA) is 116 Å². The van der Waals surface area contributed by atoms with Crippen LogP contribution in [0.15, 0.2) is 47.5 Å². The molecule has 0 spiro atoms. The average Bonchev–Trinajstić information content (AvgIpc) is 3.20. The summed E-state index contributed by atoms with van der Waals surface area (Å²) in [6.07, 6.45) is 5.54. The molecule has 1 aromatic carbocycles. The minimum Gasteiger partial charge on any atom is -0.381 e. The molecule has 0 unspecified atom stereocenters. The minimum absolute atomic E-state index is 0.229. The second-order valence-corrected chi connectivity index (χ2v) is 8.12. The van der Waals surface area contributed by atoms with Crippen molar-refractivity contribution in [2.75, 3.05) is 19.8 Å². The van der Waals surface area contributed by atoms with Crippen molar-refractivity contribution >= 4 is 0 Å². The zero-order valence-corrected chi connectivity index (χ0v) is 18.0. The smallest absolute Gasteiger partial charge is 0.280 e. The number of aliphatic hydroxyl groups is 1. The summed E-state index contributed by atoms with van der Waals surface area (Å²) in [6.45, 7) is 4.24. The number of H-pyrrole nitrogens is 1. The lowest BCUT2D eigenvalue weighted by atomic mass is 9.97. The number of pyridine rings is 1. The van der Waals surface area contributed by atoms with Crippen molar-refractivity contribution < 1.29 is 9.84 Å². The van der Waals surface area contributed by atoms with Gasteiger partial charge in [0.1, 0.15) is 6.23 Å². The van der Waals surface area contributed by atoms with E-state index in [0.29, 0.717) is 28.4 Å². The van der Waals surface area contributed by atoms with Crippen LogP contribution in [0.1, 0.15) is 42.2 Å². The molecule has 1 saturated heterocycles. The van der Waals surface area contributed by atoms with Gasteiger partial charge in [0.05, 0.1) is 17.2 Å². The van der Waals surface area contributed by atoms with Crippen molar-refractivity contribution in [2.24, 2.45) is 5.92 Å². The monoisotopic (exact) mass is 433 g/mol. The summed E-state index contributed by atoms with van der Waals surface area (Å²) in [5.74, 6) is 1.07. The standard InChI is InChI=1S/C24H27N5O3/c1-16-12-18(13-25)2-4-20(16)21-15-28-29(24(21)31)22-5-3-19(14-27-22)23(30)26-9-6-17-7-10-32-11-8-17/h2-5,12,14-15,17,23,26,28,30H,6-11H2,1H3/t23-/m1/s1. The van der Waals surface area contributed by atoms with E-state index in [0.717, 1.165) is 50.1 Å². The van der Waals surface area contributed by atoms with Gasteiger partial charge >= 0.3 is 0 Å². The van der Waals surface area contributed by atoms with Crippen molar-refractivity contribution in [3.8, 4) is 23.0 Å². The highest BCUT2D eigenvalue weighted by Gasteiger charge is 2.16. The summed E-state index contributed by atoms with van der Waals surface area (Å²) >= 11 is 0. The Morgan fingerprint density at radius 3 is 2.81 bits per heavy atom. The third-order valence-electron chi connectivity index (χ3n) is 5.96. The molecule has 1 aliphatic heterocycles. The second-order valence-electron chi connectivity index (χ2n) is 8.12. The van der Waals surface area contributed by atoms with Gasteiger partial charge in [-0.05, 0) is 74.0 Å². The van der Waals surface area contributed by atoms with Gasteiger partial charge in [-0.25, -0.2) is 9.67 Å². The lowest BCUT2D eigenvalue weighted by Crippen LogP contribution is -2.26. The number of ether oxygens (including phenoxy) is 1. The Morgan fingerprint density at radius 1 is 1.31 bits per heavy atom. The van der Waals surface area contributed by atoms with Crippen molar-refractivity contribution in [1.29, 1.82) is 5.26 Å². The fraction of sp³-hybridized carbons (Fsp3) is 0.375. The van der Waals surface area contributed by atoms with E-state index in [-0.39, 0.29) is 5.56 Å². The van der Waals surface area contributed by atoms with Gasteiger partial charge in [-0.2, -0.15) is 5.26 Å². The zero-order chi connectivity index (χ0) is 22.5. The molecule has 3 heterocycles. The molecule has 1 aliphatic rings. The number of benzene rings is 1. The molecule has 8 nitrogen and oxygen atoms in total. The van der Waals surface area contributed by atoms with Crippen LogP contribution in [-0.4, -0.2) is 39.6 Å². The van der Waals surface area contributed by atoms with Crippen LogP contribution in [0.25, 0.3) is 16.9 Å². The summed E-state index contributed by atoms with van der Waals surface area (Å²) in [5, 5.41) is 25.5. The van der Waals surface area contributed by atoms with Crippen LogP contribution < -0.4 is 10.9 Å². The molecule has 0 saturated carbocycles. The van der Waals surface area contributed by atoms with Crippen LogP contribution in [0, 0.1) is 24.2 Å². The molecule has 1 fully saturated rings. The van der Waals surface area contributed by atoms with Gasteiger partial charge in [0, 0.05) is 31.2 Å². The molecule has 8 heteroatoms. The maximum atomic E-state index is 12.9. The van der Waals surface area contributed by atoms with Gasteiger partial charge in [-0.3, -0.25) is 15.2 Å². The first-order valence-corrected chi connectivity index (χ1v) is 10.8. The Hall–Kier alpha value is -3.25. The maximum absolute atomic E-state index is 12.9. The van der Waals surface area contributed by atoms with Gasteiger partial charge in [-0.1, -0.05) is 6.07 Å². The third-order valence-corrected chi connectivity index (χ3v) is 5.96. The van der Waals surface area contributed by atoms with Crippen molar-refractivity contribution in [3.05, 3.63) is 69.8 Å². The molecular weight excluding hydrogens is 406 g/mol.